The van der Waals surface area contributed by atoms with Crippen LogP contribution in [0.2, 0.25) is 10.4 Å². The fourth-order valence-corrected chi connectivity index (χ4v) is 4.27. The van der Waals surface area contributed by atoms with E-state index in [0.29, 0.717) is 11.1 Å². The normalized spacial score (nSPS) is 34.9. The maximum Gasteiger partial charge on any atom is 0.225 e. The molecule has 3 aliphatic rings. The maximum absolute atomic E-state index is 6.09. The third-order valence-electron chi connectivity index (χ3n) is 4.86. The molecule has 2 heterocycles. The predicted octanol–water partition coefficient (Wildman–Crippen LogP) is 4.22. The van der Waals surface area contributed by atoms with Crippen molar-refractivity contribution < 1.29 is 0 Å². The van der Waals surface area contributed by atoms with Gasteiger partial charge in [0.1, 0.15) is 11.0 Å². The number of allylic oxidation sites excluding steroid dienone is 4. The van der Waals surface area contributed by atoms with Gasteiger partial charge < -0.3 is 4.90 Å². The van der Waals surface area contributed by atoms with Crippen LogP contribution in [0.1, 0.15) is 6.92 Å². The molecule has 2 aliphatic carbocycles. The van der Waals surface area contributed by atoms with Crippen LogP contribution >= 0.6 is 23.2 Å². The van der Waals surface area contributed by atoms with E-state index in [2.05, 4.69) is 70.4 Å². The molecule has 0 N–H and O–H groups in total. The summed E-state index contributed by atoms with van der Waals surface area (Å²) in [5, 5.41) is 0.545. The van der Waals surface area contributed by atoms with Gasteiger partial charge >= 0.3 is 0 Å². The number of halogens is 2. The van der Waals surface area contributed by atoms with Gasteiger partial charge in [-0.25, -0.2) is 9.97 Å². The lowest BCUT2D eigenvalue weighted by Gasteiger charge is -2.34. The van der Waals surface area contributed by atoms with E-state index in [1.807, 2.05) is 0 Å². The first-order valence-corrected chi connectivity index (χ1v) is 8.05. The van der Waals surface area contributed by atoms with Crippen LogP contribution in [0.5, 0.6) is 0 Å². The molecule has 0 aromatic carbocycles. The van der Waals surface area contributed by atoms with Crippen molar-refractivity contribution in [2.75, 3.05) is 4.90 Å². The molecule has 4 atom stereocenters. The van der Waals surface area contributed by atoms with E-state index >= 15 is 0 Å². The molecule has 0 saturated carbocycles. The lowest BCUT2D eigenvalue weighted by Crippen LogP contribution is -2.39. The molecule has 1 saturated heterocycles. The Bertz CT molecular complexity index is 717. The van der Waals surface area contributed by atoms with Gasteiger partial charge in [0, 0.05) is 17.4 Å². The zero-order valence-corrected chi connectivity index (χ0v) is 13.5. The summed E-state index contributed by atoms with van der Waals surface area (Å²) in [4.78, 5) is 10.7. The summed E-state index contributed by atoms with van der Waals surface area (Å²) < 4.78 is 0. The van der Waals surface area contributed by atoms with Crippen LogP contribution in [0.25, 0.3) is 0 Å². The van der Waals surface area contributed by atoms with E-state index in [-0.39, 0.29) is 22.8 Å². The Balaban J connectivity index is 1.87. The standard InChI is InChI=1S/C17H15Cl2N3/c1-17-9-5-4-8-13(17)22(12-7-3-2-6-11(12)17)15-10-14(18)20-16(19)21-15/h2-13H,1H3. The summed E-state index contributed by atoms with van der Waals surface area (Å²) in [6.07, 6.45) is 17.5. The molecule has 22 heavy (non-hydrogen) atoms. The van der Waals surface area contributed by atoms with Crippen molar-refractivity contribution in [3.63, 3.8) is 0 Å². The molecule has 0 spiro atoms. The fraction of sp³-hybridized carbons (Fsp3) is 0.294. The minimum atomic E-state index is 0.0184. The van der Waals surface area contributed by atoms with Crippen molar-refractivity contribution in [2.24, 2.45) is 11.3 Å². The van der Waals surface area contributed by atoms with Gasteiger partial charge in [0.2, 0.25) is 5.28 Å². The van der Waals surface area contributed by atoms with Crippen molar-refractivity contribution in [2.45, 2.75) is 19.0 Å². The molecule has 1 fully saturated rings. The first-order valence-electron chi connectivity index (χ1n) is 7.29. The molecule has 4 unspecified atom stereocenters. The summed E-state index contributed by atoms with van der Waals surface area (Å²) in [6.45, 7) is 2.29. The van der Waals surface area contributed by atoms with Crippen molar-refractivity contribution in [1.82, 2.24) is 9.97 Å². The fourth-order valence-electron chi connectivity index (χ4n) is 3.87. The highest BCUT2D eigenvalue weighted by Crippen LogP contribution is 2.51. The highest BCUT2D eigenvalue weighted by molar-refractivity contribution is 6.32. The Morgan fingerprint density at radius 2 is 1.82 bits per heavy atom. The average molecular weight is 332 g/mol. The van der Waals surface area contributed by atoms with Crippen molar-refractivity contribution >= 4 is 29.0 Å². The molecular weight excluding hydrogens is 317 g/mol. The number of hydrogen-bond acceptors (Lipinski definition) is 3. The quantitative estimate of drug-likeness (QED) is 0.570. The lowest BCUT2D eigenvalue weighted by atomic mass is 9.70. The van der Waals surface area contributed by atoms with Crippen molar-refractivity contribution in [3.8, 4) is 0 Å². The Labute approximate surface area is 139 Å². The average Bonchev–Trinajstić information content (AvgIpc) is 2.75. The molecule has 3 nitrogen and oxygen atoms in total. The van der Waals surface area contributed by atoms with Gasteiger partial charge in [-0.1, -0.05) is 67.1 Å². The van der Waals surface area contributed by atoms with Gasteiger partial charge in [0.15, 0.2) is 0 Å². The first-order chi connectivity index (χ1) is 10.6. The molecule has 1 aliphatic heterocycles. The second kappa shape index (κ2) is 4.97. The third-order valence-corrected chi connectivity index (χ3v) is 5.22. The largest absolute Gasteiger partial charge is 0.342 e. The van der Waals surface area contributed by atoms with Crippen LogP contribution in [-0.2, 0) is 0 Å². The second-order valence-electron chi connectivity index (χ2n) is 6.07. The van der Waals surface area contributed by atoms with Gasteiger partial charge in [-0.3, -0.25) is 0 Å². The molecule has 0 amide bonds. The topological polar surface area (TPSA) is 29.0 Å². The molecule has 112 valence electrons. The van der Waals surface area contributed by atoms with E-state index < -0.39 is 0 Å². The lowest BCUT2D eigenvalue weighted by molar-refractivity contribution is 0.343. The molecule has 1 aromatic heterocycles. The SMILES string of the molecule is CC12C=CC=CC1N(c1cc(Cl)nc(Cl)n1)C1C=CC=CC12. The number of anilines is 1. The third kappa shape index (κ3) is 1.96. The van der Waals surface area contributed by atoms with Gasteiger partial charge in [-0.05, 0) is 11.6 Å². The molecular formula is C17H15Cl2N3. The Kier molecular flexibility index (Phi) is 3.17. The monoisotopic (exact) mass is 331 g/mol. The number of aromatic nitrogens is 2. The predicted molar refractivity (Wildman–Crippen MR) is 90.3 cm³/mol. The van der Waals surface area contributed by atoms with Crippen LogP contribution < -0.4 is 4.90 Å². The van der Waals surface area contributed by atoms with Crippen LogP contribution in [0, 0.1) is 11.3 Å². The summed E-state index contributed by atoms with van der Waals surface area (Å²) in [5.41, 5.74) is 0.0184. The molecule has 5 heteroatoms. The van der Waals surface area contributed by atoms with Gasteiger partial charge in [0.25, 0.3) is 0 Å². The zero-order chi connectivity index (χ0) is 15.3. The summed E-state index contributed by atoms with van der Waals surface area (Å²) in [5.74, 6) is 1.16. The number of fused-ring (bicyclic) bond motifs is 3. The van der Waals surface area contributed by atoms with E-state index in [4.69, 9.17) is 23.2 Å². The van der Waals surface area contributed by atoms with Crippen LogP contribution in [0.4, 0.5) is 5.82 Å². The Morgan fingerprint density at radius 3 is 2.64 bits per heavy atom. The van der Waals surface area contributed by atoms with Gasteiger partial charge in [0.05, 0.1) is 12.1 Å². The van der Waals surface area contributed by atoms with Crippen molar-refractivity contribution in [1.29, 1.82) is 0 Å². The van der Waals surface area contributed by atoms with E-state index in [1.54, 1.807) is 6.07 Å². The molecule has 1 aromatic rings. The van der Waals surface area contributed by atoms with E-state index in [1.165, 1.54) is 0 Å². The maximum atomic E-state index is 6.09. The Hall–Kier alpha value is -1.58. The summed E-state index contributed by atoms with van der Waals surface area (Å²) >= 11 is 12.1. The summed E-state index contributed by atoms with van der Waals surface area (Å²) in [7, 11) is 0. The first kappa shape index (κ1) is 14.0. The van der Waals surface area contributed by atoms with Crippen LogP contribution in [0.3, 0.4) is 0 Å². The number of nitrogens with zero attached hydrogens (tertiary/aromatic N) is 3. The van der Waals surface area contributed by atoms with Crippen molar-refractivity contribution in [3.05, 3.63) is 65.1 Å². The minimum Gasteiger partial charge on any atom is -0.342 e. The smallest absolute Gasteiger partial charge is 0.225 e. The van der Waals surface area contributed by atoms with Gasteiger partial charge in [-0.15, -0.1) is 0 Å². The zero-order valence-electron chi connectivity index (χ0n) is 12.0. The molecule has 4 rings (SSSR count). The number of hydrogen-bond donors (Lipinski definition) is 0. The minimum absolute atomic E-state index is 0.0184. The summed E-state index contributed by atoms with van der Waals surface area (Å²) in [6, 6.07) is 2.23. The Morgan fingerprint density at radius 1 is 1.05 bits per heavy atom. The van der Waals surface area contributed by atoms with Gasteiger partial charge in [-0.2, -0.15) is 0 Å². The van der Waals surface area contributed by atoms with E-state index in [9.17, 15) is 0 Å². The van der Waals surface area contributed by atoms with Crippen LogP contribution in [0.15, 0.2) is 54.7 Å². The van der Waals surface area contributed by atoms with E-state index in [0.717, 1.165) is 5.82 Å². The second-order valence-corrected chi connectivity index (χ2v) is 6.79. The van der Waals surface area contributed by atoms with Crippen LogP contribution in [-0.4, -0.2) is 22.1 Å². The number of rotatable bonds is 1. The highest BCUT2D eigenvalue weighted by atomic mass is 35.5. The highest BCUT2D eigenvalue weighted by Gasteiger charge is 2.53. The molecule has 0 radical (unpaired) electrons. The molecule has 0 bridgehead atoms.